The molecule has 10 heteroatoms. The Bertz CT molecular complexity index is 879. The first kappa shape index (κ1) is 18.9. The van der Waals surface area contributed by atoms with Crippen molar-refractivity contribution in [1.29, 1.82) is 0 Å². The fraction of sp³-hybridized carbons (Fsp3) is 0.200. The van der Waals surface area contributed by atoms with E-state index in [1.54, 1.807) is 6.92 Å². The molecular weight excluding hydrogens is 363 g/mol. The number of nitrogens with zero attached hydrogens (tertiary/aromatic N) is 1. The lowest BCUT2D eigenvalue weighted by atomic mass is 10.1. The third-order valence-corrected chi connectivity index (χ3v) is 4.49. The first-order chi connectivity index (χ1) is 11.5. The van der Waals surface area contributed by atoms with Gasteiger partial charge in [-0.25, -0.2) is 4.18 Å². The lowest BCUT2D eigenvalue weighted by molar-refractivity contribution is -0.385. The highest BCUT2D eigenvalue weighted by atomic mass is 32.2. The van der Waals surface area contributed by atoms with E-state index in [9.17, 15) is 31.7 Å². The zero-order chi connectivity index (χ0) is 18.8. The summed E-state index contributed by atoms with van der Waals surface area (Å²) in [6, 6.07) is 8.60. The minimum absolute atomic E-state index is 0.396. The number of rotatable bonds is 5. The van der Waals surface area contributed by atoms with Gasteiger partial charge in [-0.3, -0.25) is 10.1 Å². The number of nitro groups is 1. The molecule has 0 aromatic heterocycles. The van der Waals surface area contributed by atoms with Gasteiger partial charge < -0.3 is 0 Å². The Balaban J connectivity index is 2.42. The second-order valence-electron chi connectivity index (χ2n) is 5.14. The van der Waals surface area contributed by atoms with Crippen LogP contribution in [0.15, 0.2) is 53.4 Å². The van der Waals surface area contributed by atoms with Crippen LogP contribution >= 0.6 is 0 Å². The molecule has 0 N–H and O–H groups in total. The molecule has 2 aromatic carbocycles. The van der Waals surface area contributed by atoms with Crippen LogP contribution < -0.4 is 0 Å². The van der Waals surface area contributed by atoms with Crippen molar-refractivity contribution in [3.05, 3.63) is 69.8 Å². The molecule has 1 unspecified atom stereocenters. The smallest absolute Gasteiger partial charge is 0.258 e. The molecule has 0 aliphatic heterocycles. The second-order valence-corrected chi connectivity index (χ2v) is 6.71. The zero-order valence-corrected chi connectivity index (χ0v) is 13.5. The maximum Gasteiger partial charge on any atom is 0.420 e. The lowest BCUT2D eigenvalue weighted by Gasteiger charge is -2.20. The van der Waals surface area contributed by atoms with E-state index in [0.29, 0.717) is 11.6 Å². The summed E-state index contributed by atoms with van der Waals surface area (Å²) in [6.45, 7) is 1.66. The van der Waals surface area contributed by atoms with Crippen molar-refractivity contribution >= 4 is 15.8 Å². The minimum Gasteiger partial charge on any atom is -0.258 e. The molecule has 25 heavy (non-hydrogen) atoms. The van der Waals surface area contributed by atoms with E-state index in [4.69, 9.17) is 0 Å². The molecule has 0 amide bonds. The second kappa shape index (κ2) is 6.81. The Hall–Kier alpha value is -2.46. The first-order valence-corrected chi connectivity index (χ1v) is 8.22. The van der Waals surface area contributed by atoms with Crippen LogP contribution in [0.2, 0.25) is 0 Å². The molecule has 2 rings (SSSR count). The molecule has 0 bridgehead atoms. The number of aryl methyl sites for hydroxylation is 1. The van der Waals surface area contributed by atoms with Crippen LogP contribution in [0.1, 0.15) is 17.2 Å². The van der Waals surface area contributed by atoms with Crippen LogP contribution in [0, 0.1) is 17.0 Å². The predicted octanol–water partition coefficient (Wildman–Crippen LogP) is 3.91. The Morgan fingerprint density at radius 1 is 1.12 bits per heavy atom. The first-order valence-electron chi connectivity index (χ1n) is 6.82. The number of nitro benzene ring substituents is 1. The molecule has 2 aromatic rings. The molecule has 0 aliphatic carbocycles. The van der Waals surface area contributed by atoms with Crippen LogP contribution in [-0.2, 0) is 14.3 Å². The summed E-state index contributed by atoms with van der Waals surface area (Å²) in [6.07, 6.45) is -7.72. The summed E-state index contributed by atoms with van der Waals surface area (Å²) in [5.41, 5.74) is -0.290. The van der Waals surface area contributed by atoms with Crippen molar-refractivity contribution in [3.8, 4) is 0 Å². The zero-order valence-electron chi connectivity index (χ0n) is 12.7. The van der Waals surface area contributed by atoms with E-state index in [1.165, 1.54) is 12.1 Å². The molecule has 0 saturated carbocycles. The van der Waals surface area contributed by atoms with Crippen LogP contribution in [-0.4, -0.2) is 19.5 Å². The summed E-state index contributed by atoms with van der Waals surface area (Å²) >= 11 is 0. The van der Waals surface area contributed by atoms with Crippen LogP contribution in [0.3, 0.4) is 0 Å². The standard InChI is InChI=1S/C15H12F3NO5S/c1-10-5-7-11(8-6-10)14(15(16,17)18)24-25(22,23)13-4-2-3-12(9-13)19(20)21/h2-9,14H,1H3. The van der Waals surface area contributed by atoms with Crippen molar-refractivity contribution < 1.29 is 30.7 Å². The van der Waals surface area contributed by atoms with Crippen molar-refractivity contribution in [2.24, 2.45) is 0 Å². The van der Waals surface area contributed by atoms with Crippen LogP contribution in [0.5, 0.6) is 0 Å². The maximum atomic E-state index is 13.3. The summed E-state index contributed by atoms with van der Waals surface area (Å²) in [5, 5.41) is 10.7. The fourth-order valence-electron chi connectivity index (χ4n) is 1.98. The fourth-order valence-corrected chi connectivity index (χ4v) is 3.07. The minimum atomic E-state index is -5.00. The van der Waals surface area contributed by atoms with Gasteiger partial charge in [-0.1, -0.05) is 35.9 Å². The van der Waals surface area contributed by atoms with Crippen molar-refractivity contribution in [2.45, 2.75) is 24.1 Å². The molecule has 134 valence electrons. The topological polar surface area (TPSA) is 86.5 Å². The van der Waals surface area contributed by atoms with Crippen LogP contribution in [0.4, 0.5) is 18.9 Å². The van der Waals surface area contributed by atoms with Crippen molar-refractivity contribution in [1.82, 2.24) is 0 Å². The van der Waals surface area contributed by atoms with E-state index >= 15 is 0 Å². The SMILES string of the molecule is Cc1ccc(C(OS(=O)(=O)c2cccc([N+](=O)[O-])c2)C(F)(F)F)cc1. The Labute approximate surface area is 141 Å². The average Bonchev–Trinajstić information content (AvgIpc) is 2.53. The highest BCUT2D eigenvalue weighted by Crippen LogP contribution is 2.38. The summed E-state index contributed by atoms with van der Waals surface area (Å²) < 4.78 is 68.5. The Morgan fingerprint density at radius 2 is 1.72 bits per heavy atom. The van der Waals surface area contributed by atoms with Gasteiger partial charge in [0.2, 0.25) is 0 Å². The van der Waals surface area contributed by atoms with E-state index in [1.807, 2.05) is 0 Å². The summed E-state index contributed by atoms with van der Waals surface area (Å²) in [7, 11) is -4.88. The third kappa shape index (κ3) is 4.54. The number of alkyl halides is 3. The average molecular weight is 375 g/mol. The van der Waals surface area contributed by atoms with Gasteiger partial charge in [0.25, 0.3) is 15.8 Å². The maximum absolute atomic E-state index is 13.3. The molecule has 0 aliphatic rings. The Kier molecular flexibility index (Phi) is 5.14. The highest BCUT2D eigenvalue weighted by molar-refractivity contribution is 7.86. The van der Waals surface area contributed by atoms with Crippen molar-refractivity contribution in [2.75, 3.05) is 0 Å². The van der Waals surface area contributed by atoms with Gasteiger partial charge in [0, 0.05) is 12.1 Å². The molecule has 0 saturated heterocycles. The quantitative estimate of drug-likeness (QED) is 0.449. The lowest BCUT2D eigenvalue weighted by Crippen LogP contribution is -2.26. The molecule has 0 radical (unpaired) electrons. The number of benzene rings is 2. The van der Waals surface area contributed by atoms with Gasteiger partial charge in [0.15, 0.2) is 6.10 Å². The van der Waals surface area contributed by atoms with E-state index < -0.39 is 43.5 Å². The molecule has 0 fully saturated rings. The molecule has 6 nitrogen and oxygen atoms in total. The predicted molar refractivity (Wildman–Crippen MR) is 81.3 cm³/mol. The van der Waals surface area contributed by atoms with Crippen LogP contribution in [0.25, 0.3) is 0 Å². The van der Waals surface area contributed by atoms with E-state index in [-0.39, 0.29) is 0 Å². The summed E-state index contributed by atoms with van der Waals surface area (Å²) in [4.78, 5) is 9.11. The largest absolute Gasteiger partial charge is 0.420 e. The number of halogens is 3. The van der Waals surface area contributed by atoms with E-state index in [2.05, 4.69) is 4.18 Å². The number of hydrogen-bond donors (Lipinski definition) is 0. The van der Waals surface area contributed by atoms with Gasteiger partial charge in [-0.2, -0.15) is 21.6 Å². The normalized spacial score (nSPS) is 13.4. The molecule has 1 atom stereocenters. The van der Waals surface area contributed by atoms with Crippen molar-refractivity contribution in [3.63, 3.8) is 0 Å². The van der Waals surface area contributed by atoms with Gasteiger partial charge in [-0.05, 0) is 18.6 Å². The van der Waals surface area contributed by atoms with Gasteiger partial charge in [0.1, 0.15) is 4.90 Å². The molecule has 0 heterocycles. The van der Waals surface area contributed by atoms with E-state index in [0.717, 1.165) is 30.3 Å². The molecule has 0 spiro atoms. The Morgan fingerprint density at radius 3 is 2.24 bits per heavy atom. The highest BCUT2D eigenvalue weighted by Gasteiger charge is 2.45. The third-order valence-electron chi connectivity index (χ3n) is 3.22. The monoisotopic (exact) mass is 375 g/mol. The molecular formula is C15H12F3NO5S. The van der Waals surface area contributed by atoms with Gasteiger partial charge in [-0.15, -0.1) is 0 Å². The number of non-ortho nitro benzene ring substituents is 1. The van der Waals surface area contributed by atoms with Gasteiger partial charge in [0.05, 0.1) is 4.92 Å². The number of hydrogen-bond acceptors (Lipinski definition) is 5. The van der Waals surface area contributed by atoms with Gasteiger partial charge >= 0.3 is 6.18 Å². The summed E-state index contributed by atoms with van der Waals surface area (Å²) in [5.74, 6) is 0.